The monoisotopic (exact) mass is 471 g/mol. The van der Waals surface area contributed by atoms with E-state index in [9.17, 15) is 19.6 Å². The Labute approximate surface area is 196 Å². The van der Waals surface area contributed by atoms with E-state index in [0.717, 1.165) is 17.5 Å². The van der Waals surface area contributed by atoms with E-state index in [1.165, 1.54) is 0 Å². The number of amides is 1. The first-order valence-corrected chi connectivity index (χ1v) is 11.5. The van der Waals surface area contributed by atoms with E-state index < -0.39 is 11.9 Å². The average Bonchev–Trinajstić information content (AvgIpc) is 2.84. The standard InChI is InChI=1S/C24H29N3O7/c1-2-17-8-15-9-23(34-6-3-5-28)22(30)10-18(15)19-11-21(29)16(13-27(17)19)12-26-4-7-33-14-20(26)24(31)25-32/h9-11,13,17,20,28,30H,2-8,12,14H2,1H3. The van der Waals surface area contributed by atoms with Crippen LogP contribution in [0.3, 0.4) is 0 Å². The first kappa shape index (κ1) is 24.1. The number of rotatable bonds is 8. The lowest BCUT2D eigenvalue weighted by Crippen LogP contribution is -2.49. The van der Waals surface area contributed by atoms with Crippen molar-refractivity contribution in [3.8, 4) is 22.8 Å². The Kier molecular flexibility index (Phi) is 7.40. The fraction of sp³-hybridized carbons (Fsp3) is 0.500. The van der Waals surface area contributed by atoms with E-state index in [1.807, 2.05) is 12.3 Å². The molecule has 1 fully saturated rings. The lowest BCUT2D eigenvalue weighted by Gasteiger charge is -2.34. The summed E-state index contributed by atoms with van der Waals surface area (Å²) in [7, 11) is 0. The van der Waals surface area contributed by atoms with Crippen molar-refractivity contribution in [1.29, 1.82) is 0 Å². The van der Waals surface area contributed by atoms with Gasteiger partial charge in [-0.05, 0) is 30.5 Å². The normalized spacial score (nSPS) is 19.8. The number of nitroso groups, excluding NO2 is 1. The Balaban J connectivity index is 1.68. The second-order valence-corrected chi connectivity index (χ2v) is 8.62. The maximum Gasteiger partial charge on any atom is 0.305 e. The van der Waals surface area contributed by atoms with Crippen LogP contribution in [0.2, 0.25) is 0 Å². The van der Waals surface area contributed by atoms with E-state index in [4.69, 9.17) is 14.6 Å². The first-order chi connectivity index (χ1) is 16.5. The third-order valence-electron chi connectivity index (χ3n) is 6.49. The molecule has 3 heterocycles. The van der Waals surface area contributed by atoms with Gasteiger partial charge in [-0.15, -0.1) is 4.91 Å². The molecule has 10 nitrogen and oxygen atoms in total. The van der Waals surface area contributed by atoms with Crippen molar-refractivity contribution < 1.29 is 24.5 Å². The predicted octanol–water partition coefficient (Wildman–Crippen LogP) is 1.98. The summed E-state index contributed by atoms with van der Waals surface area (Å²) in [5.41, 5.74) is 2.79. The van der Waals surface area contributed by atoms with Crippen molar-refractivity contribution in [2.45, 2.75) is 44.8 Å². The number of nitrogens with zero attached hydrogens (tertiary/aromatic N) is 3. The summed E-state index contributed by atoms with van der Waals surface area (Å²) in [5.74, 6) is -0.461. The number of hydrogen-bond donors (Lipinski definition) is 2. The van der Waals surface area contributed by atoms with Crippen LogP contribution in [-0.2, 0) is 22.5 Å². The number of benzene rings is 1. The molecule has 182 valence electrons. The summed E-state index contributed by atoms with van der Waals surface area (Å²) in [5, 5.41) is 22.0. The second-order valence-electron chi connectivity index (χ2n) is 8.62. The highest BCUT2D eigenvalue weighted by Crippen LogP contribution is 2.41. The molecule has 1 aromatic carbocycles. The number of hydrogen-bond acceptors (Lipinski definition) is 8. The van der Waals surface area contributed by atoms with Gasteiger partial charge in [0.2, 0.25) is 0 Å². The number of phenolic OH excluding ortho intramolecular Hbond substituents is 1. The van der Waals surface area contributed by atoms with Gasteiger partial charge in [0.15, 0.2) is 16.9 Å². The summed E-state index contributed by atoms with van der Waals surface area (Å²) in [6, 6.07) is 4.29. The Hall–Kier alpha value is -3.08. The number of aliphatic hydroxyl groups is 1. The maximum absolute atomic E-state index is 13.1. The van der Waals surface area contributed by atoms with Crippen LogP contribution in [-0.4, -0.2) is 64.6 Å². The molecule has 1 amide bonds. The number of morpholine rings is 1. The zero-order chi connectivity index (χ0) is 24.2. The van der Waals surface area contributed by atoms with Crippen molar-refractivity contribution >= 4 is 5.91 Å². The highest BCUT2D eigenvalue weighted by atomic mass is 16.5. The molecule has 0 radical (unpaired) electrons. The third kappa shape index (κ3) is 4.75. The molecule has 10 heteroatoms. The van der Waals surface area contributed by atoms with E-state index >= 15 is 0 Å². The van der Waals surface area contributed by atoms with Crippen LogP contribution < -0.4 is 10.2 Å². The van der Waals surface area contributed by atoms with Crippen molar-refractivity contribution in [2.75, 3.05) is 33.0 Å². The van der Waals surface area contributed by atoms with E-state index in [0.29, 0.717) is 49.6 Å². The first-order valence-electron chi connectivity index (χ1n) is 11.5. The van der Waals surface area contributed by atoms with Gasteiger partial charge in [-0.2, -0.15) is 0 Å². The molecule has 2 atom stereocenters. The average molecular weight is 472 g/mol. The van der Waals surface area contributed by atoms with Crippen LogP contribution in [0.4, 0.5) is 0 Å². The lowest BCUT2D eigenvalue weighted by atomic mass is 9.90. The van der Waals surface area contributed by atoms with Crippen LogP contribution in [0, 0.1) is 4.91 Å². The van der Waals surface area contributed by atoms with Crippen molar-refractivity contribution in [2.24, 2.45) is 5.18 Å². The molecule has 4 rings (SSSR count). The van der Waals surface area contributed by atoms with Gasteiger partial charge in [-0.1, -0.05) is 6.92 Å². The summed E-state index contributed by atoms with van der Waals surface area (Å²) >= 11 is 0. The highest BCUT2D eigenvalue weighted by Gasteiger charge is 2.32. The molecule has 2 N–H and O–H groups in total. The largest absolute Gasteiger partial charge is 0.504 e. The molecule has 0 aliphatic carbocycles. The van der Waals surface area contributed by atoms with Crippen LogP contribution >= 0.6 is 0 Å². The maximum atomic E-state index is 13.1. The number of aromatic hydroxyl groups is 1. The Morgan fingerprint density at radius 3 is 2.88 bits per heavy atom. The number of carbonyl (C=O) groups excluding carboxylic acids is 1. The van der Waals surface area contributed by atoms with Crippen LogP contribution in [0.1, 0.15) is 36.9 Å². The summed E-state index contributed by atoms with van der Waals surface area (Å²) in [6.07, 6.45) is 3.81. The molecule has 0 bridgehead atoms. The summed E-state index contributed by atoms with van der Waals surface area (Å²) in [6.45, 7) is 3.48. The van der Waals surface area contributed by atoms with Gasteiger partial charge in [0.1, 0.15) is 6.04 Å². The Morgan fingerprint density at radius 1 is 1.32 bits per heavy atom. The number of fused-ring (bicyclic) bond motifs is 3. The topological polar surface area (TPSA) is 131 Å². The molecule has 2 unspecified atom stereocenters. The molecule has 1 aromatic heterocycles. The van der Waals surface area contributed by atoms with E-state index in [1.54, 1.807) is 17.0 Å². The molecule has 0 spiro atoms. The SMILES string of the molecule is CCC1Cc2cc(OCCCO)c(O)cc2-c2cc(=O)c(CN3CCOCC3C(=O)N=O)cn21. The Bertz CT molecular complexity index is 1130. The quantitative estimate of drug-likeness (QED) is 0.441. The number of carbonyl (C=O) groups is 1. The lowest BCUT2D eigenvalue weighted by molar-refractivity contribution is -0.129. The zero-order valence-electron chi connectivity index (χ0n) is 19.1. The summed E-state index contributed by atoms with van der Waals surface area (Å²) < 4.78 is 13.0. The van der Waals surface area contributed by atoms with E-state index in [-0.39, 0.29) is 37.0 Å². The number of pyridine rings is 1. The molecular weight excluding hydrogens is 442 g/mol. The molecule has 1 saturated heterocycles. The van der Waals surface area contributed by atoms with Crippen molar-refractivity contribution in [3.05, 3.63) is 50.7 Å². The van der Waals surface area contributed by atoms with Gasteiger partial charge < -0.3 is 24.3 Å². The highest BCUT2D eigenvalue weighted by molar-refractivity contribution is 5.82. The number of aromatic nitrogens is 1. The Morgan fingerprint density at radius 2 is 2.15 bits per heavy atom. The van der Waals surface area contributed by atoms with Crippen LogP contribution in [0.25, 0.3) is 11.3 Å². The minimum atomic E-state index is -0.800. The molecule has 2 aliphatic rings. The van der Waals surface area contributed by atoms with Crippen molar-refractivity contribution in [3.63, 3.8) is 0 Å². The smallest absolute Gasteiger partial charge is 0.305 e. The van der Waals surface area contributed by atoms with Crippen molar-refractivity contribution in [1.82, 2.24) is 9.47 Å². The second kappa shape index (κ2) is 10.5. The summed E-state index contributed by atoms with van der Waals surface area (Å²) in [4.78, 5) is 37.6. The molecule has 34 heavy (non-hydrogen) atoms. The van der Waals surface area contributed by atoms with Gasteiger partial charge in [0.05, 0.1) is 25.5 Å². The third-order valence-corrected chi connectivity index (χ3v) is 6.49. The molecule has 0 saturated carbocycles. The molecule has 2 aromatic rings. The van der Waals surface area contributed by atoms with Gasteiger partial charge in [0.25, 0.3) is 0 Å². The van der Waals surface area contributed by atoms with Gasteiger partial charge in [0, 0.05) is 60.7 Å². The number of phenols is 1. The van der Waals surface area contributed by atoms with Gasteiger partial charge >= 0.3 is 5.91 Å². The minimum Gasteiger partial charge on any atom is -0.504 e. The van der Waals surface area contributed by atoms with Gasteiger partial charge in [-0.3, -0.25) is 14.5 Å². The van der Waals surface area contributed by atoms with Gasteiger partial charge in [-0.25, -0.2) is 0 Å². The van der Waals surface area contributed by atoms with E-state index in [2.05, 4.69) is 16.7 Å². The van der Waals surface area contributed by atoms with Crippen LogP contribution in [0.15, 0.2) is 34.4 Å². The van der Waals surface area contributed by atoms with Crippen LogP contribution in [0.5, 0.6) is 11.5 Å². The zero-order valence-corrected chi connectivity index (χ0v) is 19.1. The molecule has 2 aliphatic heterocycles. The fourth-order valence-corrected chi connectivity index (χ4v) is 4.64. The minimum absolute atomic E-state index is 0.00720. The number of ether oxygens (including phenoxy) is 2. The predicted molar refractivity (Wildman–Crippen MR) is 124 cm³/mol. The number of aliphatic hydroxyl groups excluding tert-OH is 1. The molecular formula is C24H29N3O7. The fourth-order valence-electron chi connectivity index (χ4n) is 4.64.